The van der Waals surface area contributed by atoms with Crippen LogP contribution in [0.15, 0.2) is 61.2 Å². The van der Waals surface area contributed by atoms with Crippen molar-refractivity contribution in [3.8, 4) is 22.6 Å². The van der Waals surface area contributed by atoms with Gasteiger partial charge in [0.15, 0.2) is 11.6 Å². The van der Waals surface area contributed by atoms with Crippen molar-refractivity contribution in [3.05, 3.63) is 83.7 Å². The van der Waals surface area contributed by atoms with Gasteiger partial charge in [-0.05, 0) is 54.7 Å². The number of carbonyl (C=O) groups excluding carboxylic acids is 1. The molecule has 5 nitrogen and oxygen atoms in total. The molecule has 0 saturated heterocycles. The van der Waals surface area contributed by atoms with Crippen molar-refractivity contribution in [1.82, 2.24) is 0 Å². The molecule has 0 atom stereocenters. The summed E-state index contributed by atoms with van der Waals surface area (Å²) >= 11 is 0. The first-order chi connectivity index (χ1) is 18.8. The van der Waals surface area contributed by atoms with E-state index in [1.807, 2.05) is 72.7 Å². The monoisotopic (exact) mass is 536 g/mol. The van der Waals surface area contributed by atoms with Crippen LogP contribution in [0.5, 0.6) is 11.5 Å². The molecule has 1 aliphatic heterocycles. The lowest BCUT2D eigenvalue weighted by Crippen LogP contribution is -2.19. The number of amides is 1. The van der Waals surface area contributed by atoms with E-state index in [1.165, 1.54) is 18.7 Å². The molecule has 212 valence electrons. The maximum Gasteiger partial charge on any atom is 0.255 e. The Labute approximate surface area is 233 Å². The number of aryl methyl sites for hydroxylation is 1. The number of halogens is 1. The number of phenolic OH excluding ortho intramolecular Hbond substituents is 1. The highest BCUT2D eigenvalue weighted by Gasteiger charge is 2.42. The Morgan fingerprint density at radius 2 is 1.56 bits per heavy atom. The Morgan fingerprint density at radius 3 is 2.05 bits per heavy atom. The molecular formula is C33H45FN2O3. The first-order valence-corrected chi connectivity index (χ1v) is 13.8. The van der Waals surface area contributed by atoms with Gasteiger partial charge in [0.1, 0.15) is 5.75 Å². The van der Waals surface area contributed by atoms with E-state index in [0.29, 0.717) is 29.1 Å². The van der Waals surface area contributed by atoms with Gasteiger partial charge >= 0.3 is 0 Å². The Bertz CT molecular complexity index is 1230. The van der Waals surface area contributed by atoms with Crippen molar-refractivity contribution in [3.63, 3.8) is 0 Å². The maximum absolute atomic E-state index is 12.7. The number of nitrogens with one attached hydrogen (secondary N) is 1. The molecule has 3 aromatic carbocycles. The van der Waals surface area contributed by atoms with E-state index in [2.05, 4.69) is 24.0 Å². The lowest BCUT2D eigenvalue weighted by Gasteiger charge is -2.14. The molecule has 1 heterocycles. The number of fused-ring (bicyclic) bond motifs is 1. The van der Waals surface area contributed by atoms with Crippen LogP contribution in [0.4, 0.5) is 10.1 Å². The van der Waals surface area contributed by atoms with Gasteiger partial charge in [0.2, 0.25) is 0 Å². The summed E-state index contributed by atoms with van der Waals surface area (Å²) in [7, 11) is 1.45. The average molecular weight is 537 g/mol. The summed E-state index contributed by atoms with van der Waals surface area (Å²) in [6.45, 7) is 18.3. The number of hydrogen-bond donors (Lipinski definition) is 3. The molecule has 0 aromatic heterocycles. The van der Waals surface area contributed by atoms with Crippen molar-refractivity contribution in [1.29, 1.82) is 0 Å². The molecule has 5 rings (SSSR count). The zero-order valence-electron chi connectivity index (χ0n) is 24.7. The number of rotatable bonds is 4. The number of carbonyl (C=O) groups is 1. The smallest absolute Gasteiger partial charge is 0.255 e. The van der Waals surface area contributed by atoms with Crippen molar-refractivity contribution in [2.75, 3.05) is 19.0 Å². The minimum absolute atomic E-state index is 0.145. The summed E-state index contributed by atoms with van der Waals surface area (Å²) in [6, 6.07) is 16.4. The van der Waals surface area contributed by atoms with E-state index < -0.39 is 0 Å². The summed E-state index contributed by atoms with van der Waals surface area (Å²) < 4.78 is 17.5. The van der Waals surface area contributed by atoms with Gasteiger partial charge in [0.25, 0.3) is 5.91 Å². The van der Waals surface area contributed by atoms with E-state index in [0.717, 1.165) is 29.5 Å². The number of benzene rings is 3. The fourth-order valence-corrected chi connectivity index (χ4v) is 4.03. The number of anilines is 1. The van der Waals surface area contributed by atoms with Crippen molar-refractivity contribution in [2.45, 2.75) is 66.7 Å². The molecule has 1 amide bonds. The summed E-state index contributed by atoms with van der Waals surface area (Å²) in [4.78, 5) is 11.7. The molecule has 1 aliphatic carbocycles. The normalized spacial score (nSPS) is 13.4. The minimum atomic E-state index is -0.303. The number of aromatic hydroxyl groups is 1. The molecular weight excluding hydrogens is 491 g/mol. The Hall–Kier alpha value is -3.64. The van der Waals surface area contributed by atoms with Gasteiger partial charge in [0.05, 0.1) is 12.8 Å². The Morgan fingerprint density at radius 1 is 0.974 bits per heavy atom. The van der Waals surface area contributed by atoms with Gasteiger partial charge in [-0.3, -0.25) is 4.79 Å². The molecule has 0 bridgehead atoms. The highest BCUT2D eigenvalue weighted by molar-refractivity contribution is 6.31. The highest BCUT2D eigenvalue weighted by atomic mass is 19.1. The summed E-state index contributed by atoms with van der Waals surface area (Å²) in [5, 5.41) is 13.0. The molecule has 1 fully saturated rings. The van der Waals surface area contributed by atoms with E-state index in [1.54, 1.807) is 12.1 Å². The van der Waals surface area contributed by atoms with Gasteiger partial charge in [-0.2, -0.15) is 0 Å². The first-order valence-electron chi connectivity index (χ1n) is 13.8. The van der Waals surface area contributed by atoms with Crippen LogP contribution >= 0.6 is 0 Å². The third-order valence-corrected chi connectivity index (χ3v) is 6.34. The zero-order valence-corrected chi connectivity index (χ0v) is 24.7. The molecule has 4 N–H and O–H groups in total. The van der Waals surface area contributed by atoms with E-state index in [4.69, 9.17) is 10.5 Å². The average Bonchev–Trinajstić information content (AvgIpc) is 3.73. The van der Waals surface area contributed by atoms with Gasteiger partial charge in [0, 0.05) is 34.7 Å². The summed E-state index contributed by atoms with van der Waals surface area (Å²) in [5.74, 6) is -0.0786. The third kappa shape index (κ3) is 7.93. The quantitative estimate of drug-likeness (QED) is 0.293. The second-order valence-electron chi connectivity index (χ2n) is 8.55. The summed E-state index contributed by atoms with van der Waals surface area (Å²) in [5.41, 5.74) is 11.6. The number of hydrogen-bond acceptors (Lipinski definition) is 4. The standard InChI is InChI=1S/C19H18N2O2.C8H9FO.3C2H6/c1-11-14-8-15(17(22)9-16(14)21-18(11)23)12-2-4-13(5-3-12)19(10-20)6-7-19;1-6-3-4-8(10-2)7(9)5-6;3*1-2/h2-5,8-9,22H,1,6-7,10,20H2,(H,21,23);3-5H,1-2H3;3*1-2H3. The number of phenols is 1. The SMILES string of the molecule is C=C1C(=O)Nc2cc(O)c(-c3ccc(C4(CN)CC4)cc3)cc21.CC.CC.CC.COc1ccc(C)cc1F. The van der Waals surface area contributed by atoms with Gasteiger partial charge in [-0.25, -0.2) is 4.39 Å². The zero-order chi connectivity index (χ0) is 29.8. The predicted octanol–water partition coefficient (Wildman–Crippen LogP) is 8.24. The van der Waals surface area contributed by atoms with Crippen LogP contribution in [0.2, 0.25) is 0 Å². The van der Waals surface area contributed by atoms with Crippen LogP contribution in [0, 0.1) is 12.7 Å². The largest absolute Gasteiger partial charge is 0.507 e. The van der Waals surface area contributed by atoms with E-state index in [-0.39, 0.29) is 22.9 Å². The second-order valence-corrected chi connectivity index (χ2v) is 8.55. The Kier molecular flexibility index (Phi) is 13.4. The Balaban J connectivity index is 0.000000400. The predicted molar refractivity (Wildman–Crippen MR) is 163 cm³/mol. The van der Waals surface area contributed by atoms with Crippen LogP contribution in [-0.2, 0) is 10.2 Å². The lowest BCUT2D eigenvalue weighted by molar-refractivity contribution is -0.110. The number of nitrogens with two attached hydrogens (primary N) is 1. The lowest BCUT2D eigenvalue weighted by atomic mass is 9.93. The molecule has 1 saturated carbocycles. The van der Waals surface area contributed by atoms with Crippen LogP contribution in [0.25, 0.3) is 16.7 Å². The molecule has 0 radical (unpaired) electrons. The topological polar surface area (TPSA) is 84.6 Å². The third-order valence-electron chi connectivity index (χ3n) is 6.34. The molecule has 0 unspecified atom stereocenters. The minimum Gasteiger partial charge on any atom is -0.507 e. The number of methoxy groups -OCH3 is 1. The maximum atomic E-state index is 12.7. The highest BCUT2D eigenvalue weighted by Crippen LogP contribution is 2.48. The van der Waals surface area contributed by atoms with Crippen LogP contribution < -0.4 is 15.8 Å². The molecule has 2 aliphatic rings. The van der Waals surface area contributed by atoms with Crippen LogP contribution in [-0.4, -0.2) is 24.7 Å². The van der Waals surface area contributed by atoms with Crippen molar-refractivity contribution in [2.24, 2.45) is 5.73 Å². The van der Waals surface area contributed by atoms with Gasteiger partial charge in [-0.15, -0.1) is 0 Å². The van der Waals surface area contributed by atoms with E-state index >= 15 is 0 Å². The van der Waals surface area contributed by atoms with Crippen LogP contribution in [0.3, 0.4) is 0 Å². The fourth-order valence-electron chi connectivity index (χ4n) is 4.03. The van der Waals surface area contributed by atoms with Crippen LogP contribution in [0.1, 0.15) is 71.1 Å². The van der Waals surface area contributed by atoms with Crippen molar-refractivity contribution < 1.29 is 19.0 Å². The molecule has 3 aromatic rings. The van der Waals surface area contributed by atoms with E-state index in [9.17, 15) is 14.3 Å². The van der Waals surface area contributed by atoms with Gasteiger partial charge in [-0.1, -0.05) is 78.5 Å². The summed E-state index contributed by atoms with van der Waals surface area (Å²) in [6.07, 6.45) is 2.28. The fraction of sp³-hybridized carbons (Fsp3) is 0.364. The second kappa shape index (κ2) is 15.7. The molecule has 39 heavy (non-hydrogen) atoms. The van der Waals surface area contributed by atoms with Crippen molar-refractivity contribution >= 4 is 17.2 Å². The molecule has 6 heteroatoms. The number of ether oxygens (including phenoxy) is 1. The first kappa shape index (κ1) is 33.4. The molecule has 0 spiro atoms. The van der Waals surface area contributed by atoms with Gasteiger partial charge < -0.3 is 20.9 Å².